The van der Waals surface area contributed by atoms with Crippen LogP contribution in [0.3, 0.4) is 0 Å². The monoisotopic (exact) mass is 486 g/mol. The Morgan fingerprint density at radius 2 is 1.45 bits per heavy atom. The zero-order valence-electron chi connectivity index (χ0n) is 16.8. The molecule has 0 radical (unpaired) electrons. The highest BCUT2D eigenvalue weighted by Gasteiger charge is 2.28. The first kappa shape index (κ1) is 25.2. The third kappa shape index (κ3) is 7.51. The molecule has 1 saturated heterocycles. The second kappa shape index (κ2) is 11.5. The van der Waals surface area contributed by atoms with Gasteiger partial charge in [0.1, 0.15) is 0 Å². The summed E-state index contributed by atoms with van der Waals surface area (Å²) in [6.45, 7) is 3.33. The molecule has 2 N–H and O–H groups in total. The molecule has 0 aliphatic carbocycles. The summed E-state index contributed by atoms with van der Waals surface area (Å²) in [6, 6.07) is 14.9. The molecule has 1 aliphatic rings. The lowest BCUT2D eigenvalue weighted by atomic mass is 10.2. The van der Waals surface area contributed by atoms with Crippen molar-refractivity contribution >= 4 is 45.3 Å². The third-order valence-corrected chi connectivity index (χ3v) is 7.44. The predicted octanol–water partition coefficient (Wildman–Crippen LogP) is 2.72. The Bertz CT molecular complexity index is 977. The van der Waals surface area contributed by atoms with Gasteiger partial charge < -0.3 is 10.2 Å². The largest absolute Gasteiger partial charge is 0.473 e. The van der Waals surface area contributed by atoms with Crippen LogP contribution in [0.25, 0.3) is 0 Å². The van der Waals surface area contributed by atoms with Crippen molar-refractivity contribution in [1.29, 1.82) is 0 Å². The van der Waals surface area contributed by atoms with E-state index in [4.69, 9.17) is 31.4 Å². The highest BCUT2D eigenvalue weighted by atomic mass is 35.5. The molecule has 0 saturated carbocycles. The molecule has 2 aromatic rings. The fourth-order valence-electron chi connectivity index (χ4n) is 2.87. The zero-order valence-corrected chi connectivity index (χ0v) is 19.2. The third-order valence-electron chi connectivity index (χ3n) is 4.53. The van der Waals surface area contributed by atoms with Crippen molar-refractivity contribution < 1.29 is 28.2 Å². The van der Waals surface area contributed by atoms with Crippen LogP contribution in [-0.4, -0.2) is 72.2 Å². The molecule has 8 nitrogen and oxygen atoms in total. The van der Waals surface area contributed by atoms with Crippen LogP contribution in [-0.2, 0) is 26.2 Å². The van der Waals surface area contributed by atoms with E-state index in [9.17, 15) is 8.42 Å². The number of hydrogen-bond donors (Lipinski definition) is 2. The molecular weight excluding hydrogens is 464 g/mol. The summed E-state index contributed by atoms with van der Waals surface area (Å²) in [4.78, 5) is 22.0. The minimum atomic E-state index is -3.44. The van der Waals surface area contributed by atoms with Gasteiger partial charge in [0, 0.05) is 42.6 Å². The van der Waals surface area contributed by atoms with Gasteiger partial charge >= 0.3 is 11.9 Å². The molecule has 0 atom stereocenters. The van der Waals surface area contributed by atoms with Crippen LogP contribution in [0.1, 0.15) is 5.56 Å². The molecule has 1 aliphatic heterocycles. The number of carbonyl (C=O) groups is 2. The number of hydrogen-bond acceptors (Lipinski definition) is 6. The number of benzene rings is 2. The fraction of sp³-hybridized carbons (Fsp3) is 0.300. The number of carboxylic acid groups (broad SMARTS) is 2. The number of sulfonamides is 1. The Labute approximate surface area is 190 Å². The van der Waals surface area contributed by atoms with E-state index < -0.39 is 22.0 Å². The highest BCUT2D eigenvalue weighted by Crippen LogP contribution is 2.21. The molecule has 2 aromatic carbocycles. The second-order valence-electron chi connectivity index (χ2n) is 6.59. The summed E-state index contributed by atoms with van der Waals surface area (Å²) in [7, 11) is -3.44. The summed E-state index contributed by atoms with van der Waals surface area (Å²) in [5.41, 5.74) is 1.26. The van der Waals surface area contributed by atoms with Gasteiger partial charge in [0.05, 0.1) is 4.90 Å². The van der Waals surface area contributed by atoms with Crippen molar-refractivity contribution in [1.82, 2.24) is 9.21 Å². The predicted molar refractivity (Wildman–Crippen MR) is 119 cm³/mol. The van der Waals surface area contributed by atoms with Crippen LogP contribution < -0.4 is 0 Å². The molecule has 1 fully saturated rings. The molecule has 0 spiro atoms. The standard InChI is InChI=1S/C18H21ClN2O2S2.C2H2O4/c1-24-17-6-2-15(3-7-17)14-20-10-12-21(13-11-20)25(22,23)18-8-4-16(19)5-9-18;3-1(4)2(5)6/h2-9H,10-14H2,1H3;(H,3,4)(H,5,6). The van der Waals surface area contributed by atoms with Gasteiger partial charge in [0.15, 0.2) is 0 Å². The van der Waals surface area contributed by atoms with Crippen LogP contribution in [0.2, 0.25) is 5.02 Å². The smallest absolute Gasteiger partial charge is 0.414 e. The maximum Gasteiger partial charge on any atom is 0.414 e. The van der Waals surface area contributed by atoms with Crippen molar-refractivity contribution in [3.63, 3.8) is 0 Å². The first-order chi connectivity index (χ1) is 14.6. The molecule has 11 heteroatoms. The van der Waals surface area contributed by atoms with Crippen LogP contribution in [0.5, 0.6) is 0 Å². The molecule has 0 bridgehead atoms. The number of halogens is 1. The molecule has 31 heavy (non-hydrogen) atoms. The normalized spacial score (nSPS) is 15.0. The molecule has 1 heterocycles. The minimum absolute atomic E-state index is 0.304. The van der Waals surface area contributed by atoms with Crippen LogP contribution in [0.4, 0.5) is 0 Å². The summed E-state index contributed by atoms with van der Waals surface area (Å²) < 4.78 is 27.0. The van der Waals surface area contributed by atoms with Gasteiger partial charge in [-0.1, -0.05) is 23.7 Å². The van der Waals surface area contributed by atoms with Gasteiger partial charge in [0.2, 0.25) is 10.0 Å². The first-order valence-electron chi connectivity index (χ1n) is 9.20. The van der Waals surface area contributed by atoms with E-state index in [1.807, 2.05) is 0 Å². The van der Waals surface area contributed by atoms with E-state index in [1.54, 1.807) is 40.3 Å². The van der Waals surface area contributed by atoms with Crippen LogP contribution in [0, 0.1) is 0 Å². The maximum absolute atomic E-state index is 12.7. The highest BCUT2D eigenvalue weighted by molar-refractivity contribution is 7.98. The average Bonchev–Trinajstić information content (AvgIpc) is 2.75. The molecule has 0 aromatic heterocycles. The lowest BCUT2D eigenvalue weighted by Crippen LogP contribution is -2.48. The van der Waals surface area contributed by atoms with Crippen molar-refractivity contribution in [3.05, 3.63) is 59.1 Å². The zero-order chi connectivity index (χ0) is 23.0. The molecule has 168 valence electrons. The number of thioether (sulfide) groups is 1. The van der Waals surface area contributed by atoms with E-state index in [-0.39, 0.29) is 0 Å². The molecule has 3 rings (SSSR count). The summed E-state index contributed by atoms with van der Waals surface area (Å²) in [5, 5.41) is 15.3. The summed E-state index contributed by atoms with van der Waals surface area (Å²) in [6.07, 6.45) is 2.06. The number of nitrogens with zero attached hydrogens (tertiary/aromatic N) is 2. The lowest BCUT2D eigenvalue weighted by molar-refractivity contribution is -0.159. The van der Waals surface area contributed by atoms with Gasteiger partial charge in [-0.05, 0) is 48.2 Å². The van der Waals surface area contributed by atoms with Gasteiger partial charge in [0.25, 0.3) is 0 Å². The topological polar surface area (TPSA) is 115 Å². The van der Waals surface area contributed by atoms with Crippen molar-refractivity contribution in [2.24, 2.45) is 0 Å². The molecular formula is C20H23ClN2O6S2. The number of piperazine rings is 1. The summed E-state index contributed by atoms with van der Waals surface area (Å²) >= 11 is 7.58. The minimum Gasteiger partial charge on any atom is -0.473 e. The van der Waals surface area contributed by atoms with Crippen molar-refractivity contribution in [2.45, 2.75) is 16.3 Å². The van der Waals surface area contributed by atoms with Gasteiger partial charge in [-0.15, -0.1) is 11.8 Å². The Hall–Kier alpha value is -2.11. The van der Waals surface area contributed by atoms with E-state index in [0.29, 0.717) is 23.0 Å². The second-order valence-corrected chi connectivity index (χ2v) is 9.85. The lowest BCUT2D eigenvalue weighted by Gasteiger charge is -2.34. The Balaban J connectivity index is 0.000000501. The van der Waals surface area contributed by atoms with E-state index in [1.165, 1.54) is 10.5 Å². The van der Waals surface area contributed by atoms with Gasteiger partial charge in [-0.3, -0.25) is 4.90 Å². The Morgan fingerprint density at radius 1 is 0.935 bits per heavy atom. The Morgan fingerprint density at radius 3 is 1.90 bits per heavy atom. The van der Waals surface area contributed by atoms with Gasteiger partial charge in [-0.2, -0.15) is 4.31 Å². The average molecular weight is 487 g/mol. The quantitative estimate of drug-likeness (QED) is 0.489. The first-order valence-corrected chi connectivity index (χ1v) is 12.2. The van der Waals surface area contributed by atoms with Crippen molar-refractivity contribution in [3.8, 4) is 0 Å². The number of carboxylic acids is 2. The molecule has 0 amide bonds. The SMILES string of the molecule is CSc1ccc(CN2CCN(S(=O)(=O)c3ccc(Cl)cc3)CC2)cc1.O=C(O)C(=O)O. The number of aliphatic carboxylic acids is 2. The van der Waals surface area contributed by atoms with E-state index in [0.717, 1.165) is 19.6 Å². The number of rotatable bonds is 5. The van der Waals surface area contributed by atoms with E-state index in [2.05, 4.69) is 35.4 Å². The van der Waals surface area contributed by atoms with Crippen LogP contribution in [0.15, 0.2) is 58.3 Å². The van der Waals surface area contributed by atoms with E-state index >= 15 is 0 Å². The molecule has 0 unspecified atom stereocenters. The summed E-state index contributed by atoms with van der Waals surface area (Å²) in [5.74, 6) is -3.65. The van der Waals surface area contributed by atoms with Crippen LogP contribution >= 0.6 is 23.4 Å². The maximum atomic E-state index is 12.7. The van der Waals surface area contributed by atoms with Gasteiger partial charge in [-0.25, -0.2) is 18.0 Å². The fourth-order valence-corrected chi connectivity index (χ4v) is 4.83. The van der Waals surface area contributed by atoms with Crippen molar-refractivity contribution in [2.75, 3.05) is 32.4 Å². The Kier molecular flexibility index (Phi) is 9.32.